The van der Waals surface area contributed by atoms with Gasteiger partial charge in [-0.05, 0) is 30.0 Å². The molecular weight excluding hydrogens is 482 g/mol. The Balaban J connectivity index is 1.25. The van der Waals surface area contributed by atoms with E-state index in [4.69, 9.17) is 14.2 Å². The Morgan fingerprint density at radius 3 is 2.29 bits per heavy atom. The summed E-state index contributed by atoms with van der Waals surface area (Å²) >= 11 is 0. The molecule has 3 rings (SSSR count). The van der Waals surface area contributed by atoms with Crippen LogP contribution in [-0.4, -0.2) is 47.1 Å². The molecule has 1 amide bonds. The Bertz CT molecular complexity index is 900. The average molecular weight is 530 g/mol. The molecule has 38 heavy (non-hydrogen) atoms. The van der Waals surface area contributed by atoms with Gasteiger partial charge in [0.15, 0.2) is 6.10 Å². The molecule has 3 unspecified atom stereocenters. The molecule has 7 nitrogen and oxygen atoms in total. The first-order valence-corrected chi connectivity index (χ1v) is 14.8. The maximum atomic E-state index is 12.5. The van der Waals surface area contributed by atoms with Crippen molar-refractivity contribution in [1.82, 2.24) is 4.90 Å². The van der Waals surface area contributed by atoms with Crippen molar-refractivity contribution >= 4 is 12.1 Å². The molecule has 0 aliphatic carbocycles. The number of aliphatic hydroxyl groups is 1. The average Bonchev–Trinajstić information content (AvgIpc) is 3.42. The normalized spacial score (nSPS) is 18.2. The molecule has 2 heterocycles. The van der Waals surface area contributed by atoms with Crippen LogP contribution in [0.5, 0.6) is 0 Å². The summed E-state index contributed by atoms with van der Waals surface area (Å²) in [4.78, 5) is 26.7. The van der Waals surface area contributed by atoms with Gasteiger partial charge in [0.05, 0.1) is 0 Å². The molecule has 1 N–H and O–H groups in total. The fourth-order valence-corrected chi connectivity index (χ4v) is 5.12. The topological polar surface area (TPSA) is 85.3 Å². The first kappa shape index (κ1) is 30.0. The standard InChI is InChI=1S/C31H47NO6/c1-3-4-5-6-7-8-9-10-11-12-13-18-27(33)28-19-20-29(38-28)30(34)36-24(2)37-31(35)32-22-21-25-16-14-15-17-26(25)23-32/h14-17,19,24,27,29,33H,3-13,18,20-23H2,1-2H3. The second kappa shape index (κ2) is 16.4. The quantitative estimate of drug-likeness (QED) is 0.144. The van der Waals surface area contributed by atoms with Crippen LogP contribution in [0.1, 0.15) is 108 Å². The van der Waals surface area contributed by atoms with E-state index in [9.17, 15) is 14.7 Å². The summed E-state index contributed by atoms with van der Waals surface area (Å²) in [6, 6.07) is 8.03. The minimum absolute atomic E-state index is 0.340. The van der Waals surface area contributed by atoms with Gasteiger partial charge < -0.3 is 24.2 Å². The van der Waals surface area contributed by atoms with Crippen molar-refractivity contribution in [3.05, 3.63) is 47.2 Å². The molecule has 1 aromatic rings. The molecule has 0 aromatic heterocycles. The van der Waals surface area contributed by atoms with Gasteiger partial charge in [0.25, 0.3) is 0 Å². The van der Waals surface area contributed by atoms with Crippen LogP contribution in [0, 0.1) is 0 Å². The number of esters is 1. The first-order valence-electron chi connectivity index (χ1n) is 14.8. The number of hydrogen-bond acceptors (Lipinski definition) is 6. The zero-order chi connectivity index (χ0) is 27.2. The summed E-state index contributed by atoms with van der Waals surface area (Å²) in [6.45, 7) is 4.81. The third kappa shape index (κ3) is 9.97. The number of fused-ring (bicyclic) bond motifs is 1. The van der Waals surface area contributed by atoms with E-state index in [0.717, 1.165) is 24.8 Å². The van der Waals surface area contributed by atoms with Crippen molar-refractivity contribution in [2.45, 2.75) is 129 Å². The Morgan fingerprint density at radius 2 is 1.61 bits per heavy atom. The van der Waals surface area contributed by atoms with Gasteiger partial charge in [-0.15, -0.1) is 0 Å². The molecule has 0 saturated carbocycles. The first-order chi connectivity index (χ1) is 18.5. The van der Waals surface area contributed by atoms with E-state index in [-0.39, 0.29) is 0 Å². The summed E-state index contributed by atoms with van der Waals surface area (Å²) in [5, 5.41) is 10.5. The Labute approximate surface area is 228 Å². The molecule has 0 spiro atoms. The monoisotopic (exact) mass is 529 g/mol. The van der Waals surface area contributed by atoms with E-state index >= 15 is 0 Å². The van der Waals surface area contributed by atoms with Crippen LogP contribution in [-0.2, 0) is 32.0 Å². The Kier molecular flexibility index (Phi) is 13.0. The fourth-order valence-electron chi connectivity index (χ4n) is 5.12. The van der Waals surface area contributed by atoms with Crippen molar-refractivity contribution < 1.29 is 28.9 Å². The molecule has 0 fully saturated rings. The molecular formula is C31H47NO6. The van der Waals surface area contributed by atoms with Gasteiger partial charge >= 0.3 is 12.1 Å². The maximum absolute atomic E-state index is 12.5. The van der Waals surface area contributed by atoms with E-state index in [1.54, 1.807) is 11.0 Å². The largest absolute Gasteiger partial charge is 0.480 e. The van der Waals surface area contributed by atoms with E-state index in [2.05, 4.69) is 13.0 Å². The van der Waals surface area contributed by atoms with Crippen LogP contribution < -0.4 is 0 Å². The predicted octanol–water partition coefficient (Wildman–Crippen LogP) is 6.81. The van der Waals surface area contributed by atoms with Crippen molar-refractivity contribution in [3.63, 3.8) is 0 Å². The van der Waals surface area contributed by atoms with Gasteiger partial charge in [-0.2, -0.15) is 0 Å². The molecule has 2 aliphatic heterocycles. The molecule has 1 aromatic carbocycles. The van der Waals surface area contributed by atoms with Crippen LogP contribution >= 0.6 is 0 Å². The van der Waals surface area contributed by atoms with Crippen molar-refractivity contribution in [3.8, 4) is 0 Å². The lowest BCUT2D eigenvalue weighted by Crippen LogP contribution is -2.39. The van der Waals surface area contributed by atoms with E-state index in [0.29, 0.717) is 31.7 Å². The van der Waals surface area contributed by atoms with Crippen LogP contribution in [0.2, 0.25) is 0 Å². The number of nitrogens with zero attached hydrogens (tertiary/aromatic N) is 1. The highest BCUT2D eigenvalue weighted by Crippen LogP contribution is 2.25. The fraction of sp³-hybridized carbons (Fsp3) is 0.677. The third-order valence-electron chi connectivity index (χ3n) is 7.42. The number of carbonyl (C=O) groups excluding carboxylic acids is 2. The minimum Gasteiger partial charge on any atom is -0.480 e. The molecule has 0 saturated heterocycles. The van der Waals surface area contributed by atoms with Crippen LogP contribution in [0.4, 0.5) is 4.79 Å². The Morgan fingerprint density at radius 1 is 0.974 bits per heavy atom. The van der Waals surface area contributed by atoms with E-state index in [1.165, 1.54) is 70.3 Å². The number of aliphatic hydroxyl groups excluding tert-OH is 1. The van der Waals surface area contributed by atoms with Gasteiger partial charge in [0, 0.05) is 26.4 Å². The zero-order valence-electron chi connectivity index (χ0n) is 23.4. The van der Waals surface area contributed by atoms with Gasteiger partial charge in [0.1, 0.15) is 11.9 Å². The van der Waals surface area contributed by atoms with Gasteiger partial charge in [-0.25, -0.2) is 9.59 Å². The summed E-state index contributed by atoms with van der Waals surface area (Å²) in [5.41, 5.74) is 2.34. The van der Waals surface area contributed by atoms with Crippen LogP contribution in [0.3, 0.4) is 0 Å². The minimum atomic E-state index is -1.03. The molecule has 0 bridgehead atoms. The highest BCUT2D eigenvalue weighted by Gasteiger charge is 2.32. The van der Waals surface area contributed by atoms with Crippen molar-refractivity contribution in [2.75, 3.05) is 6.54 Å². The van der Waals surface area contributed by atoms with E-state index in [1.807, 2.05) is 18.2 Å². The summed E-state index contributed by atoms with van der Waals surface area (Å²) < 4.78 is 16.4. The number of hydrogen-bond donors (Lipinski definition) is 1. The molecule has 0 radical (unpaired) electrons. The lowest BCUT2D eigenvalue weighted by molar-refractivity contribution is -0.176. The molecule has 212 valence electrons. The number of benzene rings is 1. The van der Waals surface area contributed by atoms with Crippen LogP contribution in [0.15, 0.2) is 36.1 Å². The highest BCUT2D eigenvalue weighted by molar-refractivity contribution is 5.76. The lowest BCUT2D eigenvalue weighted by atomic mass is 10.0. The van der Waals surface area contributed by atoms with Gasteiger partial charge in [-0.1, -0.05) is 102 Å². The zero-order valence-corrected chi connectivity index (χ0v) is 23.4. The number of ether oxygens (including phenoxy) is 3. The summed E-state index contributed by atoms with van der Waals surface area (Å²) in [5.74, 6) is -0.155. The van der Waals surface area contributed by atoms with Crippen molar-refractivity contribution in [1.29, 1.82) is 0 Å². The lowest BCUT2D eigenvalue weighted by Gasteiger charge is -2.29. The summed E-state index contributed by atoms with van der Waals surface area (Å²) in [6.07, 6.45) is 14.3. The number of unbranched alkanes of at least 4 members (excludes halogenated alkanes) is 10. The van der Waals surface area contributed by atoms with Crippen LogP contribution in [0.25, 0.3) is 0 Å². The molecule has 3 atom stereocenters. The number of rotatable bonds is 16. The van der Waals surface area contributed by atoms with Crippen molar-refractivity contribution in [2.24, 2.45) is 0 Å². The second-order valence-corrected chi connectivity index (χ2v) is 10.6. The smallest absolute Gasteiger partial charge is 0.413 e. The van der Waals surface area contributed by atoms with E-state index < -0.39 is 30.6 Å². The van der Waals surface area contributed by atoms with Gasteiger partial charge in [-0.3, -0.25) is 0 Å². The SMILES string of the molecule is CCCCCCCCCCCCCC(O)C1=CCC(C(=O)OC(C)OC(=O)N2CCc3ccccc3C2)O1. The molecule has 2 aliphatic rings. The third-order valence-corrected chi connectivity index (χ3v) is 7.42. The maximum Gasteiger partial charge on any atom is 0.413 e. The summed E-state index contributed by atoms with van der Waals surface area (Å²) in [7, 11) is 0. The van der Waals surface area contributed by atoms with Gasteiger partial charge in [0.2, 0.25) is 6.29 Å². The number of amides is 1. The molecule has 7 heteroatoms. The number of carbonyl (C=O) groups is 2. The Hall–Kier alpha value is -2.54. The predicted molar refractivity (Wildman–Crippen MR) is 147 cm³/mol. The highest BCUT2D eigenvalue weighted by atomic mass is 16.7. The second-order valence-electron chi connectivity index (χ2n) is 10.6.